The standard InChI is InChI=1S/C13H21F2NO2/c1-7-9-5-8(6-10(9)11(14)15)16(7)12(17)18-13(2,3)4/h7-11H,5-6H2,1-4H3/t7-,8+,9+,10-/m0/s1. The molecule has 1 aliphatic heterocycles. The Morgan fingerprint density at radius 3 is 2.39 bits per heavy atom. The maximum Gasteiger partial charge on any atom is 0.410 e. The molecule has 0 aromatic carbocycles. The predicted octanol–water partition coefficient (Wildman–Crippen LogP) is 3.29. The summed E-state index contributed by atoms with van der Waals surface area (Å²) in [6.45, 7) is 7.28. The highest BCUT2D eigenvalue weighted by Gasteiger charge is 2.54. The minimum Gasteiger partial charge on any atom is -0.444 e. The maximum absolute atomic E-state index is 12.8. The Bertz CT molecular complexity index is 338. The van der Waals surface area contributed by atoms with Crippen LogP contribution in [0.15, 0.2) is 0 Å². The summed E-state index contributed by atoms with van der Waals surface area (Å²) in [6.07, 6.45) is -1.54. The van der Waals surface area contributed by atoms with E-state index >= 15 is 0 Å². The van der Waals surface area contributed by atoms with Crippen molar-refractivity contribution in [2.24, 2.45) is 11.8 Å². The summed E-state index contributed by atoms with van der Waals surface area (Å²) in [5.41, 5.74) is -0.541. The number of carbonyl (C=O) groups excluding carboxylic acids is 1. The number of amides is 1. The first-order chi connectivity index (χ1) is 8.20. The SMILES string of the molecule is C[C@H]1[C@H]2C[C@H](C[C@@H]2C(F)F)N1C(=O)OC(C)(C)C. The van der Waals surface area contributed by atoms with Gasteiger partial charge in [0.2, 0.25) is 6.43 Å². The normalized spacial score (nSPS) is 35.4. The van der Waals surface area contributed by atoms with Crippen LogP contribution in [-0.2, 0) is 4.74 Å². The largest absolute Gasteiger partial charge is 0.444 e. The zero-order valence-electron chi connectivity index (χ0n) is 11.3. The van der Waals surface area contributed by atoms with Crippen molar-refractivity contribution in [1.82, 2.24) is 4.90 Å². The van der Waals surface area contributed by atoms with Crippen molar-refractivity contribution in [2.75, 3.05) is 0 Å². The van der Waals surface area contributed by atoms with Gasteiger partial charge in [-0.05, 0) is 46.5 Å². The van der Waals surface area contributed by atoms with E-state index in [9.17, 15) is 13.6 Å². The molecular weight excluding hydrogens is 240 g/mol. The number of rotatable bonds is 1. The Hall–Kier alpha value is -0.870. The number of piperidine rings is 1. The minimum absolute atomic E-state index is 0.0705. The lowest BCUT2D eigenvalue weighted by Gasteiger charge is -2.37. The van der Waals surface area contributed by atoms with Gasteiger partial charge in [-0.1, -0.05) is 0 Å². The van der Waals surface area contributed by atoms with Gasteiger partial charge >= 0.3 is 6.09 Å². The third-order valence-electron chi connectivity index (χ3n) is 4.02. The third-order valence-corrected chi connectivity index (χ3v) is 4.02. The highest BCUT2D eigenvalue weighted by molar-refractivity contribution is 5.69. The molecule has 18 heavy (non-hydrogen) atoms. The van der Waals surface area contributed by atoms with Crippen LogP contribution in [0.4, 0.5) is 13.6 Å². The minimum atomic E-state index is -2.27. The molecule has 0 aromatic rings. The molecule has 0 radical (unpaired) electrons. The molecule has 3 nitrogen and oxygen atoms in total. The van der Waals surface area contributed by atoms with E-state index in [2.05, 4.69) is 0 Å². The van der Waals surface area contributed by atoms with Crippen LogP contribution in [0.25, 0.3) is 0 Å². The number of likely N-dealkylation sites (tertiary alicyclic amines) is 1. The Morgan fingerprint density at radius 1 is 1.33 bits per heavy atom. The molecule has 2 aliphatic rings. The molecule has 0 unspecified atom stereocenters. The van der Waals surface area contributed by atoms with Gasteiger partial charge in [0.05, 0.1) is 0 Å². The highest BCUT2D eigenvalue weighted by atomic mass is 19.3. The van der Waals surface area contributed by atoms with Gasteiger partial charge in [0.15, 0.2) is 0 Å². The third kappa shape index (κ3) is 2.31. The van der Waals surface area contributed by atoms with Crippen molar-refractivity contribution in [2.45, 2.75) is 64.6 Å². The van der Waals surface area contributed by atoms with Gasteiger partial charge in [-0.3, -0.25) is 0 Å². The van der Waals surface area contributed by atoms with E-state index in [0.717, 1.165) is 0 Å². The lowest BCUT2D eigenvalue weighted by Crippen LogP contribution is -2.48. The number of carbonyl (C=O) groups is 1. The highest BCUT2D eigenvalue weighted by Crippen LogP contribution is 2.48. The number of hydrogen-bond acceptors (Lipinski definition) is 2. The fourth-order valence-electron chi connectivity index (χ4n) is 3.31. The van der Waals surface area contributed by atoms with Crippen LogP contribution in [0.3, 0.4) is 0 Å². The van der Waals surface area contributed by atoms with Crippen LogP contribution >= 0.6 is 0 Å². The second kappa shape index (κ2) is 4.35. The van der Waals surface area contributed by atoms with Gasteiger partial charge in [0.1, 0.15) is 5.60 Å². The zero-order chi connectivity index (χ0) is 13.7. The van der Waals surface area contributed by atoms with Crippen molar-refractivity contribution in [1.29, 1.82) is 0 Å². The number of ether oxygens (including phenoxy) is 1. The van der Waals surface area contributed by atoms with Crippen LogP contribution in [0, 0.1) is 11.8 Å². The van der Waals surface area contributed by atoms with Crippen LogP contribution < -0.4 is 0 Å². The second-order valence-electron chi connectivity index (χ2n) is 6.42. The molecule has 2 fully saturated rings. The van der Waals surface area contributed by atoms with Crippen molar-refractivity contribution >= 4 is 6.09 Å². The fourth-order valence-corrected chi connectivity index (χ4v) is 3.31. The molecule has 1 saturated heterocycles. The molecule has 2 bridgehead atoms. The summed E-state index contributed by atoms with van der Waals surface area (Å²) >= 11 is 0. The maximum atomic E-state index is 12.8. The monoisotopic (exact) mass is 261 g/mol. The predicted molar refractivity (Wildman–Crippen MR) is 63.5 cm³/mol. The molecule has 2 rings (SSSR count). The number of nitrogens with zero attached hydrogens (tertiary/aromatic N) is 1. The van der Waals surface area contributed by atoms with Crippen molar-refractivity contribution < 1.29 is 18.3 Å². The number of fused-ring (bicyclic) bond motifs is 2. The number of hydrogen-bond donors (Lipinski definition) is 0. The molecule has 1 heterocycles. The van der Waals surface area contributed by atoms with Gasteiger partial charge in [0, 0.05) is 18.0 Å². The number of alkyl halides is 2. The van der Waals surface area contributed by atoms with Crippen LogP contribution in [0.1, 0.15) is 40.5 Å². The van der Waals surface area contributed by atoms with Crippen molar-refractivity contribution in [3.63, 3.8) is 0 Å². The lowest BCUT2D eigenvalue weighted by molar-refractivity contribution is -0.0173. The quantitative estimate of drug-likeness (QED) is 0.725. The molecule has 0 aromatic heterocycles. The summed E-state index contributed by atoms with van der Waals surface area (Å²) in [5, 5.41) is 0. The molecule has 0 spiro atoms. The topological polar surface area (TPSA) is 29.5 Å². The van der Waals surface area contributed by atoms with Gasteiger partial charge < -0.3 is 9.64 Å². The second-order valence-corrected chi connectivity index (χ2v) is 6.42. The molecule has 1 amide bonds. The van der Waals surface area contributed by atoms with Crippen molar-refractivity contribution in [3.8, 4) is 0 Å². The molecule has 4 atom stereocenters. The molecule has 1 saturated carbocycles. The molecule has 104 valence electrons. The van der Waals surface area contributed by atoms with E-state index in [-0.39, 0.29) is 24.1 Å². The van der Waals surface area contributed by atoms with E-state index in [4.69, 9.17) is 4.74 Å². The average molecular weight is 261 g/mol. The summed E-state index contributed by atoms with van der Waals surface area (Å²) in [4.78, 5) is 13.7. The first-order valence-corrected chi connectivity index (χ1v) is 6.50. The summed E-state index contributed by atoms with van der Waals surface area (Å²) < 4.78 is 31.0. The number of halogens is 2. The van der Waals surface area contributed by atoms with Gasteiger partial charge in [-0.15, -0.1) is 0 Å². The van der Waals surface area contributed by atoms with Crippen LogP contribution in [0.2, 0.25) is 0 Å². The summed E-state index contributed by atoms with van der Waals surface area (Å²) in [5.74, 6) is -0.633. The molecule has 1 aliphatic carbocycles. The smallest absolute Gasteiger partial charge is 0.410 e. The van der Waals surface area contributed by atoms with Crippen LogP contribution in [-0.4, -0.2) is 35.1 Å². The van der Waals surface area contributed by atoms with Gasteiger partial charge in [-0.25, -0.2) is 13.6 Å². The first kappa shape index (κ1) is 13.6. The van der Waals surface area contributed by atoms with E-state index in [0.29, 0.717) is 12.8 Å². The Labute approximate surface area is 106 Å². The summed E-state index contributed by atoms with van der Waals surface area (Å²) in [6, 6.07) is -0.212. The zero-order valence-corrected chi connectivity index (χ0v) is 11.3. The molecule has 5 heteroatoms. The Balaban J connectivity index is 2.05. The lowest BCUT2D eigenvalue weighted by atomic mass is 9.89. The van der Waals surface area contributed by atoms with Crippen LogP contribution in [0.5, 0.6) is 0 Å². The summed E-state index contributed by atoms with van der Waals surface area (Å²) in [7, 11) is 0. The van der Waals surface area contributed by atoms with E-state index in [1.165, 1.54) is 0 Å². The first-order valence-electron chi connectivity index (χ1n) is 6.50. The van der Waals surface area contributed by atoms with Gasteiger partial charge in [0.25, 0.3) is 0 Å². The van der Waals surface area contributed by atoms with E-state index < -0.39 is 17.9 Å². The van der Waals surface area contributed by atoms with Gasteiger partial charge in [-0.2, -0.15) is 0 Å². The van der Waals surface area contributed by atoms with E-state index in [1.54, 1.807) is 4.90 Å². The van der Waals surface area contributed by atoms with E-state index in [1.807, 2.05) is 27.7 Å². The Kier molecular flexibility index (Phi) is 3.28. The fraction of sp³-hybridized carbons (Fsp3) is 0.923. The molecule has 0 N–H and O–H groups in total. The molecular formula is C13H21F2NO2. The Morgan fingerprint density at radius 2 is 1.94 bits per heavy atom. The van der Waals surface area contributed by atoms with Crippen molar-refractivity contribution in [3.05, 3.63) is 0 Å². The average Bonchev–Trinajstić information content (AvgIpc) is 2.71.